The second-order valence-corrected chi connectivity index (χ2v) is 7.20. The van der Waals surface area contributed by atoms with Gasteiger partial charge in [0.25, 0.3) is 11.8 Å². The lowest BCUT2D eigenvalue weighted by molar-refractivity contribution is -0.116. The van der Waals surface area contributed by atoms with Gasteiger partial charge in [0.05, 0.1) is 12.8 Å². The van der Waals surface area contributed by atoms with Crippen molar-refractivity contribution < 1.29 is 23.9 Å². The summed E-state index contributed by atoms with van der Waals surface area (Å²) in [5.41, 5.74) is 2.33. The Morgan fingerprint density at radius 3 is 2.27 bits per heavy atom. The molecule has 1 heterocycles. The minimum Gasteiger partial charge on any atom is -0.497 e. The van der Waals surface area contributed by atoms with Crippen LogP contribution in [0.2, 0.25) is 0 Å². The molecule has 1 aromatic heterocycles. The van der Waals surface area contributed by atoms with Gasteiger partial charge in [-0.2, -0.15) is 0 Å². The molecule has 0 aliphatic carbocycles. The number of nitrogens with zero attached hydrogens (tertiary/aromatic N) is 1. The summed E-state index contributed by atoms with van der Waals surface area (Å²) in [6, 6.07) is 14.7. The number of anilines is 2. The SMILES string of the molecule is COc1ccc(C(=O)NCCC(=O)Nc2cc(C(=O)Nc3ccc(C=O)cc3)n(C)c2)cc1. The Balaban J connectivity index is 1.49. The minimum atomic E-state index is -0.358. The molecule has 0 bridgehead atoms. The van der Waals surface area contributed by atoms with Crippen molar-refractivity contribution in [2.24, 2.45) is 7.05 Å². The van der Waals surface area contributed by atoms with E-state index in [9.17, 15) is 19.2 Å². The molecule has 3 aromatic rings. The first-order valence-corrected chi connectivity index (χ1v) is 10.1. The minimum absolute atomic E-state index is 0.0708. The van der Waals surface area contributed by atoms with Crippen LogP contribution in [0.5, 0.6) is 5.75 Å². The normalized spacial score (nSPS) is 10.2. The standard InChI is InChI=1S/C24H24N4O5/c1-28-14-19(13-21(28)24(32)27-18-7-3-16(15-29)4-8-18)26-22(30)11-12-25-23(31)17-5-9-20(33-2)10-6-17/h3-10,13-15H,11-12H2,1-2H3,(H,25,31)(H,26,30)(H,27,32). The Labute approximate surface area is 190 Å². The summed E-state index contributed by atoms with van der Waals surface area (Å²) in [7, 11) is 3.24. The molecule has 3 rings (SSSR count). The average Bonchev–Trinajstić information content (AvgIpc) is 3.19. The Bertz CT molecular complexity index is 1150. The molecule has 2 aromatic carbocycles. The van der Waals surface area contributed by atoms with Crippen LogP contribution in [0.25, 0.3) is 0 Å². The molecule has 0 aliphatic rings. The van der Waals surface area contributed by atoms with Gasteiger partial charge in [0.2, 0.25) is 5.91 Å². The van der Waals surface area contributed by atoms with Gasteiger partial charge in [0, 0.05) is 43.0 Å². The van der Waals surface area contributed by atoms with Gasteiger partial charge in [-0.05, 0) is 54.6 Å². The lowest BCUT2D eigenvalue weighted by atomic mass is 10.2. The number of aryl methyl sites for hydroxylation is 1. The Morgan fingerprint density at radius 1 is 0.939 bits per heavy atom. The highest BCUT2D eigenvalue weighted by Gasteiger charge is 2.14. The number of aromatic nitrogens is 1. The number of ether oxygens (including phenoxy) is 1. The van der Waals surface area contributed by atoms with Crippen molar-refractivity contribution in [1.29, 1.82) is 0 Å². The number of methoxy groups -OCH3 is 1. The Morgan fingerprint density at radius 2 is 1.64 bits per heavy atom. The fraction of sp³-hybridized carbons (Fsp3) is 0.167. The third-order valence-electron chi connectivity index (χ3n) is 4.82. The van der Waals surface area contributed by atoms with Crippen LogP contribution in [-0.4, -0.2) is 42.2 Å². The first-order chi connectivity index (χ1) is 15.9. The van der Waals surface area contributed by atoms with Gasteiger partial charge in [-0.15, -0.1) is 0 Å². The lowest BCUT2D eigenvalue weighted by Crippen LogP contribution is -2.27. The van der Waals surface area contributed by atoms with Crippen LogP contribution >= 0.6 is 0 Å². The van der Waals surface area contributed by atoms with Crippen molar-refractivity contribution in [3.05, 3.63) is 77.6 Å². The summed E-state index contributed by atoms with van der Waals surface area (Å²) in [5.74, 6) is -0.293. The third kappa shape index (κ3) is 6.30. The van der Waals surface area contributed by atoms with E-state index in [2.05, 4.69) is 16.0 Å². The molecule has 33 heavy (non-hydrogen) atoms. The quantitative estimate of drug-likeness (QED) is 0.435. The number of hydrogen-bond acceptors (Lipinski definition) is 5. The summed E-state index contributed by atoms with van der Waals surface area (Å²) in [6.07, 6.45) is 2.42. The maximum absolute atomic E-state index is 12.5. The molecule has 0 spiro atoms. The van der Waals surface area contributed by atoms with E-state index >= 15 is 0 Å². The Hall–Kier alpha value is -4.40. The molecule has 0 fully saturated rings. The van der Waals surface area contributed by atoms with E-state index in [1.165, 1.54) is 0 Å². The number of hydrogen-bond donors (Lipinski definition) is 3. The van der Waals surface area contributed by atoms with Crippen molar-refractivity contribution in [3.8, 4) is 5.75 Å². The molecule has 0 atom stereocenters. The number of nitrogens with one attached hydrogen (secondary N) is 3. The molecule has 0 aliphatic heterocycles. The maximum atomic E-state index is 12.5. The average molecular weight is 448 g/mol. The molecular weight excluding hydrogens is 424 g/mol. The number of rotatable bonds is 9. The maximum Gasteiger partial charge on any atom is 0.272 e. The van der Waals surface area contributed by atoms with Gasteiger partial charge >= 0.3 is 0 Å². The van der Waals surface area contributed by atoms with E-state index in [4.69, 9.17) is 4.74 Å². The highest BCUT2D eigenvalue weighted by Crippen LogP contribution is 2.16. The van der Waals surface area contributed by atoms with Crippen LogP contribution in [0.15, 0.2) is 60.8 Å². The number of carbonyl (C=O) groups excluding carboxylic acids is 4. The topological polar surface area (TPSA) is 119 Å². The highest BCUT2D eigenvalue weighted by molar-refractivity contribution is 6.04. The number of aldehydes is 1. The first kappa shape index (κ1) is 23.3. The fourth-order valence-electron chi connectivity index (χ4n) is 3.06. The van der Waals surface area contributed by atoms with Crippen LogP contribution in [0.1, 0.15) is 37.6 Å². The summed E-state index contributed by atoms with van der Waals surface area (Å²) in [6.45, 7) is 0.160. The van der Waals surface area contributed by atoms with Gasteiger partial charge in [-0.3, -0.25) is 19.2 Å². The second-order valence-electron chi connectivity index (χ2n) is 7.20. The van der Waals surface area contributed by atoms with Crippen molar-refractivity contribution in [3.63, 3.8) is 0 Å². The molecule has 9 nitrogen and oxygen atoms in total. The molecule has 0 saturated carbocycles. The van der Waals surface area contributed by atoms with Gasteiger partial charge in [-0.1, -0.05) is 0 Å². The largest absolute Gasteiger partial charge is 0.497 e. The van der Waals surface area contributed by atoms with Gasteiger partial charge < -0.3 is 25.3 Å². The van der Waals surface area contributed by atoms with Gasteiger partial charge in [-0.25, -0.2) is 0 Å². The molecule has 170 valence electrons. The van der Waals surface area contributed by atoms with Crippen LogP contribution in [0.4, 0.5) is 11.4 Å². The molecule has 0 unspecified atom stereocenters. The molecule has 0 radical (unpaired) electrons. The van der Waals surface area contributed by atoms with E-state index < -0.39 is 0 Å². The van der Waals surface area contributed by atoms with E-state index in [0.29, 0.717) is 33.9 Å². The highest BCUT2D eigenvalue weighted by atomic mass is 16.5. The van der Waals surface area contributed by atoms with Crippen LogP contribution in [0, 0.1) is 0 Å². The molecule has 3 N–H and O–H groups in total. The lowest BCUT2D eigenvalue weighted by Gasteiger charge is -2.06. The molecule has 0 saturated heterocycles. The van der Waals surface area contributed by atoms with Crippen LogP contribution in [0.3, 0.4) is 0 Å². The third-order valence-corrected chi connectivity index (χ3v) is 4.82. The van der Waals surface area contributed by atoms with Crippen LogP contribution < -0.4 is 20.7 Å². The predicted octanol–water partition coefficient (Wildman–Crippen LogP) is 2.86. The number of carbonyl (C=O) groups is 4. The molecule has 3 amide bonds. The smallest absolute Gasteiger partial charge is 0.272 e. The van der Waals surface area contributed by atoms with Crippen molar-refractivity contribution in [1.82, 2.24) is 9.88 Å². The number of amides is 3. The van der Waals surface area contributed by atoms with Crippen LogP contribution in [-0.2, 0) is 11.8 Å². The Kier molecular flexibility index (Phi) is 7.59. The molecular formula is C24H24N4O5. The first-order valence-electron chi connectivity index (χ1n) is 10.1. The van der Waals surface area contributed by atoms with Gasteiger partial charge in [0.1, 0.15) is 17.7 Å². The van der Waals surface area contributed by atoms with E-state index in [0.717, 1.165) is 6.29 Å². The zero-order valence-electron chi connectivity index (χ0n) is 18.3. The summed E-state index contributed by atoms with van der Waals surface area (Å²) in [5, 5.41) is 8.15. The van der Waals surface area contributed by atoms with Crippen molar-refractivity contribution in [2.45, 2.75) is 6.42 Å². The summed E-state index contributed by atoms with van der Waals surface area (Å²) < 4.78 is 6.65. The van der Waals surface area contributed by atoms with Crippen molar-refractivity contribution in [2.75, 3.05) is 24.3 Å². The summed E-state index contributed by atoms with van der Waals surface area (Å²) in [4.78, 5) is 47.7. The summed E-state index contributed by atoms with van der Waals surface area (Å²) >= 11 is 0. The predicted molar refractivity (Wildman–Crippen MR) is 124 cm³/mol. The number of benzene rings is 2. The second kappa shape index (κ2) is 10.8. The monoisotopic (exact) mass is 448 g/mol. The van der Waals surface area contributed by atoms with E-state index in [1.54, 1.807) is 79.5 Å². The van der Waals surface area contributed by atoms with E-state index in [1.807, 2.05) is 0 Å². The van der Waals surface area contributed by atoms with Gasteiger partial charge in [0.15, 0.2) is 0 Å². The zero-order valence-corrected chi connectivity index (χ0v) is 18.3. The molecule has 9 heteroatoms. The van der Waals surface area contributed by atoms with E-state index in [-0.39, 0.29) is 30.7 Å². The fourth-order valence-corrected chi connectivity index (χ4v) is 3.06. The van der Waals surface area contributed by atoms with Crippen molar-refractivity contribution >= 4 is 35.4 Å². The zero-order chi connectivity index (χ0) is 23.8.